The number of nitrogens with one attached hydrogen (secondary N) is 3. The topological polar surface area (TPSA) is 90.5 Å². The molecule has 1 aliphatic carbocycles. The number of hydrogen-bond acceptors (Lipinski definition) is 4. The van der Waals surface area contributed by atoms with E-state index in [9.17, 15) is 19.1 Å². The van der Waals surface area contributed by atoms with Crippen LogP contribution in [0.15, 0.2) is 36.4 Å². The number of hydrogen-bond donors (Lipinski definition) is 4. The molecule has 37 heavy (non-hydrogen) atoms. The van der Waals surface area contributed by atoms with Gasteiger partial charge in [0, 0.05) is 28.7 Å². The quantitative estimate of drug-likeness (QED) is 0.437. The number of aliphatic hydroxyl groups excluding tert-OH is 1. The first-order chi connectivity index (χ1) is 17.4. The van der Waals surface area contributed by atoms with Crippen molar-refractivity contribution in [2.24, 2.45) is 5.41 Å². The third kappa shape index (κ3) is 4.65. The molecule has 0 aromatic heterocycles. The lowest BCUT2D eigenvalue weighted by Crippen LogP contribution is -2.49. The summed E-state index contributed by atoms with van der Waals surface area (Å²) in [5.74, 6) is -1.85. The molecule has 0 radical (unpaired) electrons. The van der Waals surface area contributed by atoms with E-state index in [-0.39, 0.29) is 28.3 Å². The molecule has 1 spiro atoms. The van der Waals surface area contributed by atoms with Gasteiger partial charge in [0.1, 0.15) is 11.2 Å². The summed E-state index contributed by atoms with van der Waals surface area (Å²) in [4.78, 5) is 27.9. The van der Waals surface area contributed by atoms with Gasteiger partial charge in [0.2, 0.25) is 11.8 Å². The van der Waals surface area contributed by atoms with Crippen molar-refractivity contribution >= 4 is 40.7 Å². The minimum Gasteiger partial charge on any atom is -0.393 e. The molecule has 0 bridgehead atoms. The maximum atomic E-state index is 14.9. The molecule has 3 aliphatic rings. The van der Waals surface area contributed by atoms with Gasteiger partial charge < -0.3 is 21.1 Å². The molecule has 1 unspecified atom stereocenters. The molecule has 2 fully saturated rings. The molecule has 2 amide bonds. The van der Waals surface area contributed by atoms with Gasteiger partial charge in [0.25, 0.3) is 0 Å². The van der Waals surface area contributed by atoms with E-state index in [0.717, 1.165) is 0 Å². The van der Waals surface area contributed by atoms with Crippen LogP contribution in [0, 0.1) is 11.2 Å². The standard InChI is InChI=1S/C28H32Cl2FN3O3/c1-27(2,3)13-22-28(18-11-20(31)19(30)12-21(18)33-26(28)37)23(14-5-4-6-15(29)9-14)24(34-22)25(36)32-16-7-8-17(35)10-16/h4-6,9,11-12,16-17,22-24,34-35H,7-8,10,13H2,1-3H3,(H,32,36)(H,33,37)/t16-,17+,22?,23-,24+,28-/m0/s1. The van der Waals surface area contributed by atoms with E-state index in [1.165, 1.54) is 12.1 Å². The van der Waals surface area contributed by atoms with E-state index in [4.69, 9.17) is 23.2 Å². The highest BCUT2D eigenvalue weighted by atomic mass is 35.5. The van der Waals surface area contributed by atoms with E-state index in [1.54, 1.807) is 18.2 Å². The van der Waals surface area contributed by atoms with Crippen molar-refractivity contribution in [3.63, 3.8) is 0 Å². The predicted octanol–water partition coefficient (Wildman–Crippen LogP) is 4.91. The first-order valence-corrected chi connectivity index (χ1v) is 13.5. The predicted molar refractivity (Wildman–Crippen MR) is 142 cm³/mol. The summed E-state index contributed by atoms with van der Waals surface area (Å²) < 4.78 is 14.9. The van der Waals surface area contributed by atoms with Crippen LogP contribution in [0.25, 0.3) is 0 Å². The Morgan fingerprint density at radius 3 is 2.62 bits per heavy atom. The molecule has 5 rings (SSSR count). The highest BCUT2D eigenvalue weighted by Crippen LogP contribution is 2.57. The fourth-order valence-corrected chi connectivity index (χ4v) is 6.88. The summed E-state index contributed by atoms with van der Waals surface area (Å²) >= 11 is 12.5. The fraction of sp³-hybridized carbons (Fsp3) is 0.500. The van der Waals surface area contributed by atoms with Crippen LogP contribution in [0.3, 0.4) is 0 Å². The summed E-state index contributed by atoms with van der Waals surface area (Å²) in [6.45, 7) is 6.21. The van der Waals surface area contributed by atoms with Gasteiger partial charge in [-0.05, 0) is 66.5 Å². The minimum absolute atomic E-state index is 0.0807. The van der Waals surface area contributed by atoms with E-state index in [1.807, 2.05) is 6.07 Å². The van der Waals surface area contributed by atoms with E-state index in [0.29, 0.717) is 47.5 Å². The smallest absolute Gasteiger partial charge is 0.238 e. The molecule has 1 saturated carbocycles. The first-order valence-electron chi connectivity index (χ1n) is 12.7. The van der Waals surface area contributed by atoms with E-state index >= 15 is 0 Å². The average Bonchev–Trinajstić information content (AvgIpc) is 3.43. The highest BCUT2D eigenvalue weighted by molar-refractivity contribution is 6.31. The summed E-state index contributed by atoms with van der Waals surface area (Å²) in [6.07, 6.45) is 1.92. The van der Waals surface area contributed by atoms with Crippen LogP contribution < -0.4 is 16.0 Å². The lowest BCUT2D eigenvalue weighted by Gasteiger charge is -2.37. The lowest BCUT2D eigenvalue weighted by molar-refractivity contribution is -0.124. The number of halogens is 3. The van der Waals surface area contributed by atoms with Crippen molar-refractivity contribution in [2.45, 2.75) is 82.0 Å². The molecule has 2 aliphatic heterocycles. The van der Waals surface area contributed by atoms with Gasteiger partial charge >= 0.3 is 0 Å². The Balaban J connectivity index is 1.69. The Hall–Kier alpha value is -2.19. The van der Waals surface area contributed by atoms with Crippen molar-refractivity contribution in [3.8, 4) is 0 Å². The van der Waals surface area contributed by atoms with Crippen LogP contribution in [0.1, 0.15) is 63.5 Å². The van der Waals surface area contributed by atoms with E-state index in [2.05, 4.69) is 36.7 Å². The second-order valence-corrected chi connectivity index (χ2v) is 12.6. The van der Waals surface area contributed by atoms with Crippen LogP contribution in [0.4, 0.5) is 10.1 Å². The summed E-state index contributed by atoms with van der Waals surface area (Å²) in [7, 11) is 0. The third-order valence-electron chi connectivity index (χ3n) is 7.94. The number of carbonyl (C=O) groups is 2. The Labute approximate surface area is 226 Å². The molecule has 4 N–H and O–H groups in total. The number of rotatable bonds is 4. The second-order valence-electron chi connectivity index (χ2n) is 11.8. The Morgan fingerprint density at radius 2 is 1.97 bits per heavy atom. The van der Waals surface area contributed by atoms with Crippen LogP contribution in [0.5, 0.6) is 0 Å². The zero-order valence-corrected chi connectivity index (χ0v) is 22.6. The first kappa shape index (κ1) is 26.4. The van der Waals surface area contributed by atoms with Gasteiger partial charge in [-0.1, -0.05) is 56.1 Å². The molecule has 2 aromatic rings. The molecule has 6 atom stereocenters. The second kappa shape index (κ2) is 9.53. The Kier molecular flexibility index (Phi) is 6.80. The van der Waals surface area contributed by atoms with Crippen LogP contribution in [-0.4, -0.2) is 41.2 Å². The SMILES string of the molecule is CC(C)(C)CC1N[C@@H](C(=O)N[C@H]2CC[C@@H](O)C2)[C@H](c2cccc(Cl)c2)[C@@]12C(=O)Nc1cc(Cl)c(F)cc12. The third-order valence-corrected chi connectivity index (χ3v) is 8.47. The molecule has 6 nitrogen and oxygen atoms in total. The van der Waals surface area contributed by atoms with Gasteiger partial charge in [-0.2, -0.15) is 0 Å². The van der Waals surface area contributed by atoms with Crippen LogP contribution in [0.2, 0.25) is 10.0 Å². The zero-order valence-electron chi connectivity index (χ0n) is 21.1. The molecule has 1 saturated heterocycles. The van der Waals surface area contributed by atoms with Gasteiger partial charge in [-0.15, -0.1) is 0 Å². The monoisotopic (exact) mass is 547 g/mol. The Bertz CT molecular complexity index is 1250. The van der Waals surface area contributed by atoms with Crippen molar-refractivity contribution < 1.29 is 19.1 Å². The van der Waals surface area contributed by atoms with Crippen molar-refractivity contribution in [2.75, 3.05) is 5.32 Å². The molecular weight excluding hydrogens is 516 g/mol. The Morgan fingerprint density at radius 1 is 1.22 bits per heavy atom. The molecule has 2 heterocycles. The summed E-state index contributed by atoms with van der Waals surface area (Å²) in [6, 6.07) is 8.51. The minimum atomic E-state index is -1.28. The number of carbonyl (C=O) groups excluding carboxylic acids is 2. The van der Waals surface area contributed by atoms with Crippen molar-refractivity contribution in [1.82, 2.24) is 10.6 Å². The number of anilines is 1. The van der Waals surface area contributed by atoms with Crippen LogP contribution >= 0.6 is 23.2 Å². The average molecular weight is 548 g/mol. The zero-order chi connectivity index (χ0) is 26.7. The molecule has 198 valence electrons. The summed E-state index contributed by atoms with van der Waals surface area (Å²) in [5, 5.41) is 19.9. The number of fused-ring (bicyclic) bond motifs is 2. The molecule has 2 aromatic carbocycles. The van der Waals surface area contributed by atoms with Gasteiger partial charge in [-0.3, -0.25) is 9.59 Å². The number of benzene rings is 2. The number of aliphatic hydroxyl groups is 1. The van der Waals surface area contributed by atoms with Gasteiger partial charge in [-0.25, -0.2) is 4.39 Å². The van der Waals surface area contributed by atoms with Crippen LogP contribution in [-0.2, 0) is 15.0 Å². The normalized spacial score (nSPS) is 31.0. The highest BCUT2D eigenvalue weighted by Gasteiger charge is 2.66. The number of amides is 2. The van der Waals surface area contributed by atoms with Crippen molar-refractivity contribution in [1.29, 1.82) is 0 Å². The van der Waals surface area contributed by atoms with Gasteiger partial charge in [0.15, 0.2) is 0 Å². The maximum absolute atomic E-state index is 14.9. The lowest BCUT2D eigenvalue weighted by atomic mass is 9.62. The van der Waals surface area contributed by atoms with E-state index < -0.39 is 35.3 Å². The molecule has 9 heteroatoms. The maximum Gasteiger partial charge on any atom is 0.238 e. The van der Waals surface area contributed by atoms with Crippen molar-refractivity contribution in [3.05, 3.63) is 63.4 Å². The largest absolute Gasteiger partial charge is 0.393 e. The molecular formula is C28H32Cl2FN3O3. The fourth-order valence-electron chi connectivity index (χ4n) is 6.51. The van der Waals surface area contributed by atoms with Gasteiger partial charge in [0.05, 0.1) is 17.2 Å². The summed E-state index contributed by atoms with van der Waals surface area (Å²) in [5.41, 5.74) is 0.150.